The number of fused-ring (bicyclic) bond motifs is 2. The number of aromatic nitrogens is 1. The highest BCUT2D eigenvalue weighted by Crippen LogP contribution is 2.28. The zero-order chi connectivity index (χ0) is 17.4. The molecular formula is C23H21NO. The number of hydrogen-bond acceptors (Lipinski definition) is 1. The van der Waals surface area contributed by atoms with Crippen molar-refractivity contribution in [3.63, 3.8) is 0 Å². The van der Waals surface area contributed by atoms with Gasteiger partial charge in [-0.25, -0.2) is 0 Å². The summed E-state index contributed by atoms with van der Waals surface area (Å²) in [6, 6.07) is 22.6. The molecule has 0 aliphatic carbocycles. The van der Waals surface area contributed by atoms with Gasteiger partial charge in [-0.2, -0.15) is 0 Å². The predicted molar refractivity (Wildman–Crippen MR) is 104 cm³/mol. The number of carbonyl (C=O) groups is 1. The van der Waals surface area contributed by atoms with E-state index in [1.807, 2.05) is 54.7 Å². The summed E-state index contributed by atoms with van der Waals surface area (Å²) in [5.74, 6) is 0.0870. The summed E-state index contributed by atoms with van der Waals surface area (Å²) < 4.78 is 2.23. The Morgan fingerprint density at radius 2 is 1.68 bits per heavy atom. The minimum absolute atomic E-state index is 0.0870. The molecule has 1 aromatic heterocycles. The van der Waals surface area contributed by atoms with Gasteiger partial charge >= 0.3 is 0 Å². The van der Waals surface area contributed by atoms with E-state index in [2.05, 4.69) is 36.6 Å². The van der Waals surface area contributed by atoms with Crippen LogP contribution >= 0.6 is 0 Å². The molecule has 0 spiro atoms. The number of hydrogen-bond donors (Lipinski definition) is 0. The van der Waals surface area contributed by atoms with Gasteiger partial charge in [0.1, 0.15) is 0 Å². The maximum atomic E-state index is 13.2. The first-order valence-corrected chi connectivity index (χ1v) is 8.82. The molecule has 0 bridgehead atoms. The van der Waals surface area contributed by atoms with Crippen LogP contribution in [0.2, 0.25) is 0 Å². The van der Waals surface area contributed by atoms with E-state index in [9.17, 15) is 4.79 Å². The van der Waals surface area contributed by atoms with Crippen LogP contribution in [-0.2, 0) is 0 Å². The van der Waals surface area contributed by atoms with Gasteiger partial charge in [0.2, 0.25) is 0 Å². The van der Waals surface area contributed by atoms with Gasteiger partial charge < -0.3 is 4.57 Å². The second-order valence-corrected chi connectivity index (χ2v) is 6.62. The highest BCUT2D eigenvalue weighted by molar-refractivity contribution is 6.17. The van der Waals surface area contributed by atoms with E-state index in [0.29, 0.717) is 6.04 Å². The SMILES string of the molecule is CC[C@@H](C)n1cc(C(=O)c2ccc3ccccc3c2)c2ccccc21. The molecule has 3 aromatic carbocycles. The normalized spacial score (nSPS) is 12.6. The second kappa shape index (κ2) is 6.21. The van der Waals surface area contributed by atoms with E-state index in [1.165, 1.54) is 0 Å². The number of para-hydroxylation sites is 1. The summed E-state index contributed by atoms with van der Waals surface area (Å²) in [5.41, 5.74) is 2.65. The van der Waals surface area contributed by atoms with Crippen molar-refractivity contribution in [1.29, 1.82) is 0 Å². The topological polar surface area (TPSA) is 22.0 Å². The summed E-state index contributed by atoms with van der Waals surface area (Å²) in [6.07, 6.45) is 3.05. The first-order valence-electron chi connectivity index (χ1n) is 8.82. The molecule has 0 saturated carbocycles. The van der Waals surface area contributed by atoms with Crippen LogP contribution in [-0.4, -0.2) is 10.4 Å². The molecule has 0 aliphatic heterocycles. The van der Waals surface area contributed by atoms with Crippen molar-refractivity contribution in [1.82, 2.24) is 4.57 Å². The van der Waals surface area contributed by atoms with E-state index >= 15 is 0 Å². The van der Waals surface area contributed by atoms with E-state index < -0.39 is 0 Å². The predicted octanol–water partition coefficient (Wildman–Crippen LogP) is 6.00. The molecule has 0 N–H and O–H groups in total. The molecule has 2 nitrogen and oxygen atoms in total. The number of ketones is 1. The van der Waals surface area contributed by atoms with Crippen molar-refractivity contribution in [2.24, 2.45) is 0 Å². The average molecular weight is 327 g/mol. The van der Waals surface area contributed by atoms with Crippen LogP contribution in [0.15, 0.2) is 72.9 Å². The molecule has 0 unspecified atom stereocenters. The van der Waals surface area contributed by atoms with Crippen LogP contribution in [0.1, 0.15) is 42.2 Å². The first kappa shape index (κ1) is 15.6. The second-order valence-electron chi connectivity index (χ2n) is 6.62. The largest absolute Gasteiger partial charge is 0.344 e. The van der Waals surface area contributed by atoms with Crippen molar-refractivity contribution >= 4 is 27.5 Å². The lowest BCUT2D eigenvalue weighted by Gasteiger charge is -2.12. The molecule has 1 atom stereocenters. The molecule has 0 aliphatic rings. The molecule has 0 radical (unpaired) electrons. The van der Waals surface area contributed by atoms with E-state index in [1.54, 1.807) is 0 Å². The van der Waals surface area contributed by atoms with Crippen molar-refractivity contribution in [2.45, 2.75) is 26.3 Å². The number of benzene rings is 3. The molecule has 25 heavy (non-hydrogen) atoms. The standard InChI is InChI=1S/C23H21NO/c1-3-16(2)24-15-21(20-10-6-7-11-22(20)24)23(25)19-13-12-17-8-4-5-9-18(17)14-19/h4-16H,3H2,1-2H3/t16-/m1/s1. The fraction of sp³-hybridized carbons (Fsp3) is 0.174. The summed E-state index contributed by atoms with van der Waals surface area (Å²) in [6.45, 7) is 4.36. The minimum atomic E-state index is 0.0870. The lowest BCUT2D eigenvalue weighted by molar-refractivity contribution is 0.104. The van der Waals surface area contributed by atoms with Gasteiger partial charge in [0, 0.05) is 34.3 Å². The minimum Gasteiger partial charge on any atom is -0.344 e. The summed E-state index contributed by atoms with van der Waals surface area (Å²) in [5, 5.41) is 3.28. The highest BCUT2D eigenvalue weighted by atomic mass is 16.1. The lowest BCUT2D eigenvalue weighted by Crippen LogP contribution is -2.03. The Labute approximate surface area is 147 Å². The van der Waals surface area contributed by atoms with Gasteiger partial charge in [-0.15, -0.1) is 0 Å². The van der Waals surface area contributed by atoms with Crippen LogP contribution in [0.3, 0.4) is 0 Å². The van der Waals surface area contributed by atoms with Crippen molar-refractivity contribution in [3.05, 3.63) is 84.1 Å². The molecule has 124 valence electrons. The van der Waals surface area contributed by atoms with Gasteiger partial charge in [0.25, 0.3) is 0 Å². The van der Waals surface area contributed by atoms with Gasteiger partial charge in [0.15, 0.2) is 5.78 Å². The molecule has 0 fully saturated rings. The third kappa shape index (κ3) is 2.64. The van der Waals surface area contributed by atoms with Crippen LogP contribution in [0.5, 0.6) is 0 Å². The third-order valence-corrected chi connectivity index (χ3v) is 5.06. The summed E-state index contributed by atoms with van der Waals surface area (Å²) in [4.78, 5) is 13.2. The van der Waals surface area contributed by atoms with Gasteiger partial charge in [-0.1, -0.05) is 61.5 Å². The lowest BCUT2D eigenvalue weighted by atomic mass is 10.00. The third-order valence-electron chi connectivity index (χ3n) is 5.06. The summed E-state index contributed by atoms with van der Waals surface area (Å²) in [7, 11) is 0. The Morgan fingerprint density at radius 1 is 0.960 bits per heavy atom. The number of carbonyl (C=O) groups excluding carboxylic acids is 1. The fourth-order valence-electron chi connectivity index (χ4n) is 3.43. The molecule has 0 saturated heterocycles. The smallest absolute Gasteiger partial charge is 0.195 e. The van der Waals surface area contributed by atoms with Crippen LogP contribution in [0, 0.1) is 0 Å². The van der Waals surface area contributed by atoms with E-state index in [0.717, 1.165) is 39.2 Å². The quantitative estimate of drug-likeness (QED) is 0.422. The number of nitrogens with zero attached hydrogens (tertiary/aromatic N) is 1. The molecule has 1 heterocycles. The van der Waals surface area contributed by atoms with Crippen molar-refractivity contribution in [2.75, 3.05) is 0 Å². The maximum Gasteiger partial charge on any atom is 0.195 e. The summed E-state index contributed by atoms with van der Waals surface area (Å²) >= 11 is 0. The van der Waals surface area contributed by atoms with E-state index in [-0.39, 0.29) is 5.78 Å². The Bertz CT molecular complexity index is 1070. The average Bonchev–Trinajstić information content (AvgIpc) is 3.06. The Hall–Kier alpha value is -2.87. The van der Waals surface area contributed by atoms with Crippen LogP contribution in [0.25, 0.3) is 21.7 Å². The monoisotopic (exact) mass is 327 g/mol. The molecule has 4 aromatic rings. The first-order chi connectivity index (χ1) is 12.2. The number of rotatable bonds is 4. The highest BCUT2D eigenvalue weighted by Gasteiger charge is 2.18. The Morgan fingerprint density at radius 3 is 2.48 bits per heavy atom. The maximum absolute atomic E-state index is 13.2. The van der Waals surface area contributed by atoms with Gasteiger partial charge in [-0.05, 0) is 36.2 Å². The van der Waals surface area contributed by atoms with Crippen LogP contribution in [0.4, 0.5) is 0 Å². The van der Waals surface area contributed by atoms with Gasteiger partial charge in [0.05, 0.1) is 0 Å². The zero-order valence-corrected chi connectivity index (χ0v) is 14.6. The molecule has 2 heteroatoms. The fourth-order valence-corrected chi connectivity index (χ4v) is 3.43. The molecular weight excluding hydrogens is 306 g/mol. The van der Waals surface area contributed by atoms with Crippen molar-refractivity contribution in [3.8, 4) is 0 Å². The molecule has 4 rings (SSSR count). The van der Waals surface area contributed by atoms with Crippen LogP contribution < -0.4 is 0 Å². The zero-order valence-electron chi connectivity index (χ0n) is 14.6. The molecule has 0 amide bonds. The van der Waals surface area contributed by atoms with Crippen molar-refractivity contribution < 1.29 is 4.79 Å². The Balaban J connectivity index is 1.86. The Kier molecular flexibility index (Phi) is 3.89. The van der Waals surface area contributed by atoms with E-state index in [4.69, 9.17) is 0 Å². The van der Waals surface area contributed by atoms with Gasteiger partial charge in [-0.3, -0.25) is 4.79 Å².